The highest BCUT2D eigenvalue weighted by molar-refractivity contribution is 6.05. The lowest BCUT2D eigenvalue weighted by Crippen LogP contribution is -2.52. The summed E-state index contributed by atoms with van der Waals surface area (Å²) in [6, 6.07) is 9.85. The van der Waals surface area contributed by atoms with Crippen LogP contribution in [0.3, 0.4) is 0 Å². The van der Waals surface area contributed by atoms with Gasteiger partial charge in [0.2, 0.25) is 11.8 Å². The maximum absolute atomic E-state index is 13.2. The van der Waals surface area contributed by atoms with Crippen molar-refractivity contribution in [3.8, 4) is 11.5 Å². The number of benzene rings is 2. The molecule has 0 bridgehead atoms. The zero-order valence-corrected chi connectivity index (χ0v) is 22.0. The summed E-state index contributed by atoms with van der Waals surface area (Å²) in [5.74, 6) is 1.02. The number of fused-ring (bicyclic) bond motifs is 4. The first-order valence-corrected chi connectivity index (χ1v) is 13.7. The molecule has 7 rings (SSSR count). The Balaban J connectivity index is 1.07. The maximum atomic E-state index is 13.2. The van der Waals surface area contributed by atoms with Crippen LogP contribution >= 0.6 is 0 Å². The molecule has 38 heavy (non-hydrogen) atoms. The number of likely N-dealkylation sites (tertiary alicyclic amines) is 1. The van der Waals surface area contributed by atoms with Gasteiger partial charge in [0.1, 0.15) is 23.1 Å². The van der Waals surface area contributed by atoms with Crippen LogP contribution in [0.4, 0.5) is 0 Å². The van der Waals surface area contributed by atoms with Gasteiger partial charge in [-0.3, -0.25) is 24.6 Å². The first-order valence-electron chi connectivity index (χ1n) is 13.7. The summed E-state index contributed by atoms with van der Waals surface area (Å²) in [5.41, 5.74) is 5.27. The minimum Gasteiger partial charge on any atom is -0.492 e. The van der Waals surface area contributed by atoms with Gasteiger partial charge in [-0.25, -0.2) is 0 Å². The topological polar surface area (TPSA) is 88.2 Å². The molecule has 5 aliphatic rings. The molecule has 198 valence electrons. The summed E-state index contributed by atoms with van der Waals surface area (Å²) in [6.45, 7) is 8.22. The van der Waals surface area contributed by atoms with Crippen LogP contribution in [-0.4, -0.2) is 58.9 Å². The van der Waals surface area contributed by atoms with Crippen LogP contribution in [0.1, 0.15) is 72.1 Å². The Labute approximate surface area is 222 Å². The number of hydrogen-bond donors (Lipinski definition) is 1. The molecule has 2 saturated heterocycles. The molecule has 0 aliphatic carbocycles. The van der Waals surface area contributed by atoms with Crippen LogP contribution in [-0.2, 0) is 34.5 Å². The van der Waals surface area contributed by atoms with Crippen molar-refractivity contribution in [1.29, 1.82) is 0 Å². The van der Waals surface area contributed by atoms with Crippen LogP contribution in [0.2, 0.25) is 0 Å². The van der Waals surface area contributed by atoms with Gasteiger partial charge in [0.05, 0.1) is 6.61 Å². The van der Waals surface area contributed by atoms with Crippen molar-refractivity contribution >= 4 is 17.7 Å². The lowest BCUT2D eigenvalue weighted by atomic mass is 9.73. The van der Waals surface area contributed by atoms with E-state index in [-0.39, 0.29) is 35.2 Å². The number of carbonyl (C=O) groups is 3. The van der Waals surface area contributed by atoms with Crippen molar-refractivity contribution in [2.75, 3.05) is 19.7 Å². The highest BCUT2D eigenvalue weighted by atomic mass is 16.5. The van der Waals surface area contributed by atoms with Crippen molar-refractivity contribution in [2.24, 2.45) is 0 Å². The van der Waals surface area contributed by atoms with E-state index in [1.807, 2.05) is 6.07 Å². The molecule has 8 nitrogen and oxygen atoms in total. The van der Waals surface area contributed by atoms with Crippen molar-refractivity contribution < 1.29 is 23.9 Å². The number of imide groups is 1. The van der Waals surface area contributed by atoms with E-state index in [2.05, 4.69) is 48.3 Å². The Morgan fingerprint density at radius 2 is 1.89 bits per heavy atom. The molecule has 2 aromatic carbocycles. The van der Waals surface area contributed by atoms with E-state index in [0.717, 1.165) is 56.0 Å². The number of nitrogens with zero attached hydrogens (tertiary/aromatic N) is 2. The number of hydrogen-bond acceptors (Lipinski definition) is 6. The second kappa shape index (κ2) is 8.30. The Morgan fingerprint density at radius 1 is 1.08 bits per heavy atom. The summed E-state index contributed by atoms with van der Waals surface area (Å²) in [6.07, 6.45) is 3.57. The molecule has 0 aromatic heterocycles. The smallest absolute Gasteiger partial charge is 0.255 e. The third-order valence-electron chi connectivity index (χ3n) is 9.12. The van der Waals surface area contributed by atoms with E-state index >= 15 is 0 Å². The first-order chi connectivity index (χ1) is 18.2. The summed E-state index contributed by atoms with van der Waals surface area (Å²) in [5, 5.41) is 2.38. The molecule has 1 N–H and O–H groups in total. The molecule has 0 radical (unpaired) electrons. The minimum atomic E-state index is -0.601. The van der Waals surface area contributed by atoms with Gasteiger partial charge >= 0.3 is 0 Å². The van der Waals surface area contributed by atoms with Crippen LogP contribution in [0.5, 0.6) is 11.5 Å². The number of piperidine rings is 2. The average molecular weight is 516 g/mol. The quantitative estimate of drug-likeness (QED) is 0.633. The van der Waals surface area contributed by atoms with Gasteiger partial charge in [0.15, 0.2) is 0 Å². The zero-order valence-electron chi connectivity index (χ0n) is 22.0. The predicted octanol–water partition coefficient (Wildman–Crippen LogP) is 3.09. The van der Waals surface area contributed by atoms with Crippen molar-refractivity contribution in [1.82, 2.24) is 15.1 Å². The Bertz CT molecular complexity index is 1370. The number of carbonyl (C=O) groups excluding carboxylic acids is 3. The fourth-order valence-corrected chi connectivity index (χ4v) is 7.03. The molecule has 3 amide bonds. The lowest BCUT2D eigenvalue weighted by molar-refractivity contribution is -0.136. The van der Waals surface area contributed by atoms with Gasteiger partial charge in [-0.2, -0.15) is 0 Å². The number of rotatable bonds is 3. The second-order valence-electron chi connectivity index (χ2n) is 12.2. The van der Waals surface area contributed by atoms with E-state index in [1.54, 1.807) is 4.90 Å². The van der Waals surface area contributed by atoms with E-state index < -0.39 is 6.04 Å². The third kappa shape index (κ3) is 3.72. The van der Waals surface area contributed by atoms with Crippen LogP contribution < -0.4 is 14.8 Å². The van der Waals surface area contributed by atoms with Crippen molar-refractivity contribution in [3.63, 3.8) is 0 Å². The van der Waals surface area contributed by atoms with Gasteiger partial charge in [-0.15, -0.1) is 0 Å². The first kappa shape index (κ1) is 23.7. The standard InChI is InChI=1S/C30H33N3O5/c1-29(2)14-21-18(4-3-5-24(21)38-29)15-32-10-8-30(9-11-32)17-37-25-13-20-19(12-22(25)30)16-33(28(20)36)23-6-7-26(34)31-27(23)35/h3-5,12-13,23H,6-11,14-17H2,1-2H3,(H,31,34,35). The van der Waals surface area contributed by atoms with Gasteiger partial charge in [0, 0.05) is 48.0 Å². The molecular formula is C30H33N3O5. The van der Waals surface area contributed by atoms with E-state index in [1.165, 1.54) is 16.7 Å². The molecule has 8 heteroatoms. The normalized spacial score (nSPS) is 25.1. The molecule has 2 aromatic rings. The van der Waals surface area contributed by atoms with E-state index in [4.69, 9.17) is 9.47 Å². The summed E-state index contributed by atoms with van der Waals surface area (Å²) >= 11 is 0. The predicted molar refractivity (Wildman–Crippen MR) is 139 cm³/mol. The fraction of sp³-hybridized carbons (Fsp3) is 0.500. The van der Waals surface area contributed by atoms with Gasteiger partial charge in [-0.05, 0) is 75.5 Å². The summed E-state index contributed by atoms with van der Waals surface area (Å²) in [4.78, 5) is 41.4. The number of ether oxygens (including phenoxy) is 2. The van der Waals surface area contributed by atoms with Crippen LogP contribution in [0, 0.1) is 0 Å². The van der Waals surface area contributed by atoms with Crippen LogP contribution in [0.15, 0.2) is 30.3 Å². The highest BCUT2D eigenvalue weighted by Gasteiger charge is 2.46. The van der Waals surface area contributed by atoms with E-state index in [9.17, 15) is 14.4 Å². The fourth-order valence-electron chi connectivity index (χ4n) is 7.03. The Morgan fingerprint density at radius 3 is 2.68 bits per heavy atom. The summed E-state index contributed by atoms with van der Waals surface area (Å²) < 4.78 is 12.3. The van der Waals surface area contributed by atoms with Crippen molar-refractivity contribution in [2.45, 2.75) is 76.1 Å². The molecule has 1 spiro atoms. The van der Waals surface area contributed by atoms with Crippen molar-refractivity contribution in [3.05, 3.63) is 58.1 Å². The van der Waals surface area contributed by atoms with Crippen LogP contribution in [0.25, 0.3) is 0 Å². The molecule has 1 atom stereocenters. The average Bonchev–Trinajstić information content (AvgIpc) is 3.50. The van der Waals surface area contributed by atoms with Gasteiger partial charge in [-0.1, -0.05) is 12.1 Å². The molecule has 0 saturated carbocycles. The monoisotopic (exact) mass is 515 g/mol. The molecule has 5 aliphatic heterocycles. The molecule has 5 heterocycles. The van der Waals surface area contributed by atoms with Gasteiger partial charge < -0.3 is 14.4 Å². The maximum Gasteiger partial charge on any atom is 0.255 e. The SMILES string of the molecule is CC1(C)Cc2c(CN3CCC4(CC3)COc3cc5c(cc34)CN(C3CCC(=O)NC3=O)C5=O)cccc2O1. The minimum absolute atomic E-state index is 0.0459. The third-order valence-corrected chi connectivity index (χ3v) is 9.12. The Kier molecular flexibility index (Phi) is 5.18. The lowest BCUT2D eigenvalue weighted by Gasteiger charge is -2.38. The van der Waals surface area contributed by atoms with Gasteiger partial charge in [0.25, 0.3) is 5.91 Å². The largest absolute Gasteiger partial charge is 0.492 e. The number of nitrogens with one attached hydrogen (secondary N) is 1. The Hall–Kier alpha value is -3.39. The zero-order chi connectivity index (χ0) is 26.2. The molecule has 1 unspecified atom stereocenters. The highest BCUT2D eigenvalue weighted by Crippen LogP contribution is 2.48. The molecular weight excluding hydrogens is 482 g/mol. The van der Waals surface area contributed by atoms with E-state index in [0.29, 0.717) is 25.1 Å². The number of amides is 3. The molecule has 2 fully saturated rings. The summed E-state index contributed by atoms with van der Waals surface area (Å²) in [7, 11) is 0. The second-order valence-corrected chi connectivity index (χ2v) is 12.2.